The van der Waals surface area contributed by atoms with Gasteiger partial charge in [0.15, 0.2) is 0 Å². The molecular weight excluding hydrogens is 420 g/mol. The standard InChI is InChI=1S/C22H19ClN4O2S/c1-13-3-9-17(10-4-13)24-20(28)11-18-14(2)26-27(21(18)29)22-25-19(12-30-22)15-5-7-16(23)8-6-15/h3-10,12,26H,11H2,1-2H3,(H,24,28). The van der Waals surface area contributed by atoms with Gasteiger partial charge in [0.05, 0.1) is 12.1 Å². The monoisotopic (exact) mass is 438 g/mol. The van der Waals surface area contributed by atoms with Gasteiger partial charge in [0.2, 0.25) is 11.0 Å². The first-order chi connectivity index (χ1) is 14.4. The minimum absolute atomic E-state index is 0.0164. The first kappa shape index (κ1) is 20.1. The van der Waals surface area contributed by atoms with Gasteiger partial charge in [0.1, 0.15) is 0 Å². The van der Waals surface area contributed by atoms with Gasteiger partial charge in [-0.25, -0.2) is 4.98 Å². The van der Waals surface area contributed by atoms with Crippen molar-refractivity contribution in [1.29, 1.82) is 0 Å². The largest absolute Gasteiger partial charge is 0.326 e. The Morgan fingerprint density at radius 1 is 1.13 bits per heavy atom. The smallest absolute Gasteiger partial charge is 0.277 e. The maximum Gasteiger partial charge on any atom is 0.277 e. The summed E-state index contributed by atoms with van der Waals surface area (Å²) in [5.41, 5.74) is 4.26. The Labute approximate surface area is 182 Å². The summed E-state index contributed by atoms with van der Waals surface area (Å²) in [6.45, 7) is 3.76. The second-order valence-corrected chi connectivity index (χ2v) is 8.24. The number of amides is 1. The molecule has 0 aliphatic heterocycles. The lowest BCUT2D eigenvalue weighted by molar-refractivity contribution is -0.115. The number of aromatic nitrogens is 3. The van der Waals surface area contributed by atoms with Crippen molar-refractivity contribution in [3.05, 3.63) is 86.1 Å². The molecule has 4 rings (SSSR count). The molecular formula is C22H19ClN4O2S. The Morgan fingerprint density at radius 3 is 2.53 bits per heavy atom. The average Bonchev–Trinajstić information content (AvgIpc) is 3.31. The predicted octanol–water partition coefficient (Wildman–Crippen LogP) is 4.74. The number of aryl methyl sites for hydroxylation is 2. The van der Waals surface area contributed by atoms with Crippen molar-refractivity contribution >= 4 is 34.5 Å². The summed E-state index contributed by atoms with van der Waals surface area (Å²) in [4.78, 5) is 29.9. The average molecular weight is 439 g/mol. The summed E-state index contributed by atoms with van der Waals surface area (Å²) in [6, 6.07) is 14.9. The van der Waals surface area contributed by atoms with Crippen LogP contribution in [0.15, 0.2) is 58.7 Å². The summed E-state index contributed by atoms with van der Waals surface area (Å²) in [7, 11) is 0. The third-order valence-corrected chi connectivity index (χ3v) is 5.77. The molecule has 0 unspecified atom stereocenters. The van der Waals surface area contributed by atoms with E-state index in [-0.39, 0.29) is 17.9 Å². The van der Waals surface area contributed by atoms with E-state index in [4.69, 9.17) is 11.6 Å². The number of carbonyl (C=O) groups excluding carboxylic acids is 1. The van der Waals surface area contributed by atoms with E-state index >= 15 is 0 Å². The summed E-state index contributed by atoms with van der Waals surface area (Å²) < 4.78 is 1.38. The number of hydrogen-bond acceptors (Lipinski definition) is 4. The first-order valence-electron chi connectivity index (χ1n) is 9.29. The van der Waals surface area contributed by atoms with Crippen LogP contribution in [0.25, 0.3) is 16.4 Å². The molecule has 2 N–H and O–H groups in total. The number of nitrogens with one attached hydrogen (secondary N) is 2. The molecule has 2 aromatic carbocycles. The molecule has 0 saturated heterocycles. The van der Waals surface area contributed by atoms with Crippen LogP contribution in [-0.2, 0) is 11.2 Å². The van der Waals surface area contributed by atoms with Crippen molar-refractivity contribution in [3.8, 4) is 16.4 Å². The van der Waals surface area contributed by atoms with Gasteiger partial charge < -0.3 is 5.32 Å². The van der Waals surface area contributed by atoms with Gasteiger partial charge in [-0.2, -0.15) is 4.68 Å². The third kappa shape index (κ3) is 4.22. The van der Waals surface area contributed by atoms with Crippen LogP contribution < -0.4 is 10.9 Å². The Bertz CT molecular complexity index is 1250. The number of halogens is 1. The van der Waals surface area contributed by atoms with E-state index in [9.17, 15) is 9.59 Å². The summed E-state index contributed by atoms with van der Waals surface area (Å²) >= 11 is 7.29. The minimum atomic E-state index is -0.274. The Balaban J connectivity index is 1.55. The van der Waals surface area contributed by atoms with E-state index in [2.05, 4.69) is 15.4 Å². The number of thiazole rings is 1. The fraction of sp³-hybridized carbons (Fsp3) is 0.136. The number of rotatable bonds is 5. The molecule has 8 heteroatoms. The number of hydrogen-bond donors (Lipinski definition) is 2. The zero-order valence-electron chi connectivity index (χ0n) is 16.4. The Morgan fingerprint density at radius 2 is 1.83 bits per heavy atom. The van der Waals surface area contributed by atoms with Crippen LogP contribution >= 0.6 is 22.9 Å². The minimum Gasteiger partial charge on any atom is -0.326 e. The normalized spacial score (nSPS) is 10.9. The molecule has 0 aliphatic carbocycles. The van der Waals surface area contributed by atoms with Crippen LogP contribution in [-0.4, -0.2) is 20.7 Å². The van der Waals surface area contributed by atoms with Crippen LogP contribution in [0.5, 0.6) is 0 Å². The zero-order valence-corrected chi connectivity index (χ0v) is 18.0. The van der Waals surface area contributed by atoms with Crippen LogP contribution in [0.4, 0.5) is 5.69 Å². The predicted molar refractivity (Wildman–Crippen MR) is 121 cm³/mol. The molecule has 0 saturated carbocycles. The summed E-state index contributed by atoms with van der Waals surface area (Å²) in [5.74, 6) is -0.244. The molecule has 0 radical (unpaired) electrons. The highest BCUT2D eigenvalue weighted by molar-refractivity contribution is 7.12. The molecule has 30 heavy (non-hydrogen) atoms. The summed E-state index contributed by atoms with van der Waals surface area (Å²) in [5, 5.41) is 8.90. The molecule has 152 valence electrons. The number of anilines is 1. The van der Waals surface area contributed by atoms with Crippen LogP contribution in [0.2, 0.25) is 5.02 Å². The highest BCUT2D eigenvalue weighted by Crippen LogP contribution is 2.25. The van der Waals surface area contributed by atoms with E-state index in [0.717, 1.165) is 16.8 Å². The SMILES string of the molecule is Cc1ccc(NC(=O)Cc2c(C)[nH]n(-c3nc(-c4ccc(Cl)cc4)cs3)c2=O)cc1. The van der Waals surface area contributed by atoms with E-state index in [0.29, 0.717) is 27.1 Å². The van der Waals surface area contributed by atoms with Gasteiger partial charge in [-0.05, 0) is 38.1 Å². The summed E-state index contributed by atoms with van der Waals surface area (Å²) in [6.07, 6.45) is -0.0164. The molecule has 0 fully saturated rings. The van der Waals surface area contributed by atoms with E-state index in [1.165, 1.54) is 16.0 Å². The molecule has 2 heterocycles. The van der Waals surface area contributed by atoms with Crippen molar-refractivity contribution in [2.75, 3.05) is 5.32 Å². The van der Waals surface area contributed by atoms with E-state index in [1.807, 2.05) is 48.7 Å². The Hall–Kier alpha value is -3.16. The lowest BCUT2D eigenvalue weighted by Gasteiger charge is -2.04. The van der Waals surface area contributed by atoms with Crippen molar-refractivity contribution in [2.45, 2.75) is 20.3 Å². The topological polar surface area (TPSA) is 79.8 Å². The van der Waals surface area contributed by atoms with Gasteiger partial charge in [-0.15, -0.1) is 11.3 Å². The zero-order chi connectivity index (χ0) is 21.3. The fourth-order valence-electron chi connectivity index (χ4n) is 3.05. The lowest BCUT2D eigenvalue weighted by atomic mass is 10.1. The van der Waals surface area contributed by atoms with Crippen LogP contribution in [0.1, 0.15) is 16.8 Å². The van der Waals surface area contributed by atoms with E-state index < -0.39 is 0 Å². The van der Waals surface area contributed by atoms with Gasteiger partial charge in [-0.1, -0.05) is 41.4 Å². The van der Waals surface area contributed by atoms with Crippen LogP contribution in [0, 0.1) is 13.8 Å². The number of nitrogens with zero attached hydrogens (tertiary/aromatic N) is 2. The van der Waals surface area contributed by atoms with Crippen LogP contribution in [0.3, 0.4) is 0 Å². The highest BCUT2D eigenvalue weighted by atomic mass is 35.5. The molecule has 2 aromatic heterocycles. The van der Waals surface area contributed by atoms with Crippen molar-refractivity contribution < 1.29 is 4.79 Å². The number of benzene rings is 2. The van der Waals surface area contributed by atoms with Gasteiger partial charge in [0, 0.05) is 32.9 Å². The maximum absolute atomic E-state index is 12.9. The number of H-pyrrole nitrogens is 1. The van der Waals surface area contributed by atoms with Crippen molar-refractivity contribution in [2.24, 2.45) is 0 Å². The van der Waals surface area contributed by atoms with Gasteiger partial charge >= 0.3 is 0 Å². The van der Waals surface area contributed by atoms with Crippen molar-refractivity contribution in [1.82, 2.24) is 14.8 Å². The second kappa shape index (κ2) is 8.30. The second-order valence-electron chi connectivity index (χ2n) is 6.97. The molecule has 0 spiro atoms. The third-order valence-electron chi connectivity index (χ3n) is 4.69. The van der Waals surface area contributed by atoms with E-state index in [1.54, 1.807) is 19.1 Å². The number of carbonyl (C=O) groups is 1. The molecule has 1 amide bonds. The molecule has 0 bridgehead atoms. The Kier molecular flexibility index (Phi) is 5.57. The highest BCUT2D eigenvalue weighted by Gasteiger charge is 2.18. The fourth-order valence-corrected chi connectivity index (χ4v) is 3.96. The quantitative estimate of drug-likeness (QED) is 0.472. The molecule has 4 aromatic rings. The molecule has 6 nitrogen and oxygen atoms in total. The number of aromatic amines is 1. The van der Waals surface area contributed by atoms with Gasteiger partial charge in [0.25, 0.3) is 5.56 Å². The molecule has 0 atom stereocenters. The van der Waals surface area contributed by atoms with Gasteiger partial charge in [-0.3, -0.25) is 14.7 Å². The van der Waals surface area contributed by atoms with Crippen molar-refractivity contribution in [3.63, 3.8) is 0 Å². The maximum atomic E-state index is 12.9. The first-order valence-corrected chi connectivity index (χ1v) is 10.6. The molecule has 0 aliphatic rings. The lowest BCUT2D eigenvalue weighted by Crippen LogP contribution is -2.22.